The Morgan fingerprint density at radius 1 is 1.26 bits per heavy atom. The van der Waals surface area contributed by atoms with Gasteiger partial charge in [0, 0.05) is 0 Å². The van der Waals surface area contributed by atoms with Crippen LogP contribution in [0.25, 0.3) is 0 Å². The lowest BCUT2D eigenvalue weighted by molar-refractivity contribution is 0.0239. The molecule has 1 aromatic carbocycles. The number of rotatable bonds is 8. The van der Waals surface area contributed by atoms with E-state index >= 15 is 0 Å². The largest absolute Gasteiger partial charge is 0.390 e. The summed E-state index contributed by atoms with van der Waals surface area (Å²) in [6.45, 7) is 4.52. The number of benzene rings is 1. The molecule has 0 spiro atoms. The number of nitrogens with two attached hydrogens (primary N) is 1. The van der Waals surface area contributed by atoms with Gasteiger partial charge in [-0.05, 0) is 49.8 Å². The Labute approximate surface area is 116 Å². The van der Waals surface area contributed by atoms with Crippen molar-refractivity contribution in [2.24, 2.45) is 5.73 Å². The van der Waals surface area contributed by atoms with Gasteiger partial charge in [0.1, 0.15) is 0 Å². The van der Waals surface area contributed by atoms with E-state index in [9.17, 15) is 10.2 Å². The van der Waals surface area contributed by atoms with Gasteiger partial charge in [0.05, 0.1) is 11.7 Å². The molecular weight excluding hydrogens is 238 g/mol. The summed E-state index contributed by atoms with van der Waals surface area (Å²) in [6, 6.07) is 7.95. The van der Waals surface area contributed by atoms with E-state index in [1.165, 1.54) is 0 Å². The average molecular weight is 265 g/mol. The van der Waals surface area contributed by atoms with Gasteiger partial charge in [-0.3, -0.25) is 0 Å². The van der Waals surface area contributed by atoms with E-state index in [1.807, 2.05) is 38.1 Å². The van der Waals surface area contributed by atoms with Crippen LogP contribution < -0.4 is 5.73 Å². The van der Waals surface area contributed by atoms with Crippen LogP contribution in [0.15, 0.2) is 24.3 Å². The molecule has 0 aliphatic carbocycles. The Kier molecular flexibility index (Phi) is 6.49. The quantitative estimate of drug-likeness (QED) is 0.676. The first-order chi connectivity index (χ1) is 9.04. The van der Waals surface area contributed by atoms with Gasteiger partial charge in [-0.2, -0.15) is 0 Å². The lowest BCUT2D eigenvalue weighted by atomic mass is 9.89. The zero-order valence-corrected chi connectivity index (χ0v) is 12.1. The van der Waals surface area contributed by atoms with Crippen LogP contribution in [0.4, 0.5) is 0 Å². The summed E-state index contributed by atoms with van der Waals surface area (Å²) in [4.78, 5) is 0. The van der Waals surface area contributed by atoms with Crippen LogP contribution in [0.3, 0.4) is 0 Å². The summed E-state index contributed by atoms with van der Waals surface area (Å²) in [5, 5.41) is 20.2. The van der Waals surface area contributed by atoms with Gasteiger partial charge >= 0.3 is 0 Å². The molecule has 0 fully saturated rings. The van der Waals surface area contributed by atoms with Crippen LogP contribution in [0.2, 0.25) is 0 Å². The second-order valence-corrected chi connectivity index (χ2v) is 5.27. The van der Waals surface area contributed by atoms with Crippen LogP contribution in [-0.2, 0) is 6.42 Å². The summed E-state index contributed by atoms with van der Waals surface area (Å²) in [5.74, 6) is 0. The van der Waals surface area contributed by atoms with Crippen LogP contribution >= 0.6 is 0 Å². The number of hydrogen-bond donors (Lipinski definition) is 3. The third-order valence-electron chi connectivity index (χ3n) is 3.97. The molecule has 108 valence electrons. The van der Waals surface area contributed by atoms with Crippen LogP contribution in [-0.4, -0.2) is 22.4 Å². The average Bonchev–Trinajstić information content (AvgIpc) is 2.45. The van der Waals surface area contributed by atoms with Crippen LogP contribution in [0, 0.1) is 0 Å². The van der Waals surface area contributed by atoms with Gasteiger partial charge in [0.2, 0.25) is 0 Å². The number of aliphatic hydroxyl groups excluding tert-OH is 1. The van der Waals surface area contributed by atoms with Crippen LogP contribution in [0.5, 0.6) is 0 Å². The third kappa shape index (κ3) is 4.94. The Morgan fingerprint density at radius 3 is 2.53 bits per heavy atom. The zero-order chi connectivity index (χ0) is 14.3. The van der Waals surface area contributed by atoms with E-state index in [1.54, 1.807) is 0 Å². The van der Waals surface area contributed by atoms with Crippen molar-refractivity contribution in [3.05, 3.63) is 35.4 Å². The van der Waals surface area contributed by atoms with Gasteiger partial charge in [0.25, 0.3) is 0 Å². The van der Waals surface area contributed by atoms with Crippen LogP contribution in [0.1, 0.15) is 56.8 Å². The molecule has 3 heteroatoms. The summed E-state index contributed by atoms with van der Waals surface area (Å²) in [7, 11) is 0. The van der Waals surface area contributed by atoms with Gasteiger partial charge < -0.3 is 15.9 Å². The summed E-state index contributed by atoms with van der Waals surface area (Å²) in [6.07, 6.45) is 3.24. The van der Waals surface area contributed by atoms with Crippen molar-refractivity contribution in [1.29, 1.82) is 0 Å². The number of aryl methyl sites for hydroxylation is 1. The third-order valence-corrected chi connectivity index (χ3v) is 3.97. The maximum atomic E-state index is 10.3. The molecule has 1 aromatic rings. The molecular formula is C16H27NO2. The fourth-order valence-electron chi connectivity index (χ4n) is 2.26. The van der Waals surface area contributed by atoms with Crippen molar-refractivity contribution in [3.63, 3.8) is 0 Å². The zero-order valence-electron chi connectivity index (χ0n) is 12.1. The van der Waals surface area contributed by atoms with Crippen molar-refractivity contribution in [2.45, 2.75) is 57.7 Å². The molecule has 0 aromatic heterocycles. The number of hydrogen-bond acceptors (Lipinski definition) is 3. The second-order valence-electron chi connectivity index (χ2n) is 5.27. The smallest absolute Gasteiger partial charge is 0.0802 e. The maximum Gasteiger partial charge on any atom is 0.0802 e. The van der Waals surface area contributed by atoms with Gasteiger partial charge in [-0.25, -0.2) is 0 Å². The highest BCUT2D eigenvalue weighted by molar-refractivity contribution is 5.25. The number of aliphatic hydroxyl groups is 2. The highest BCUT2D eigenvalue weighted by atomic mass is 16.3. The highest BCUT2D eigenvalue weighted by Crippen LogP contribution is 2.23. The Bertz CT molecular complexity index is 375. The minimum absolute atomic E-state index is 0.483. The normalized spacial score (nSPS) is 13.5. The fourth-order valence-corrected chi connectivity index (χ4v) is 2.26. The molecule has 0 heterocycles. The first-order valence-electron chi connectivity index (χ1n) is 7.24. The van der Waals surface area contributed by atoms with Crippen molar-refractivity contribution in [1.82, 2.24) is 0 Å². The van der Waals surface area contributed by atoms with E-state index in [-0.39, 0.29) is 0 Å². The second kappa shape index (κ2) is 7.63. The lowest BCUT2D eigenvalue weighted by Crippen LogP contribution is -2.27. The van der Waals surface area contributed by atoms with E-state index in [2.05, 4.69) is 0 Å². The molecule has 0 aliphatic heterocycles. The monoisotopic (exact) mass is 265 g/mol. The first kappa shape index (κ1) is 16.2. The van der Waals surface area contributed by atoms with Gasteiger partial charge in [-0.1, -0.05) is 38.1 Å². The fraction of sp³-hybridized carbons (Fsp3) is 0.625. The molecule has 19 heavy (non-hydrogen) atoms. The lowest BCUT2D eigenvalue weighted by Gasteiger charge is -2.25. The molecule has 1 rings (SSSR count). The molecule has 0 aliphatic rings. The van der Waals surface area contributed by atoms with E-state index < -0.39 is 11.7 Å². The predicted octanol–water partition coefficient (Wildman–Crippen LogP) is 2.55. The predicted molar refractivity (Wildman–Crippen MR) is 78.9 cm³/mol. The maximum absolute atomic E-state index is 10.3. The Morgan fingerprint density at radius 2 is 1.95 bits per heavy atom. The summed E-state index contributed by atoms with van der Waals surface area (Å²) in [5.41, 5.74) is 6.98. The van der Waals surface area contributed by atoms with E-state index in [0.29, 0.717) is 13.0 Å². The molecule has 0 saturated carbocycles. The van der Waals surface area contributed by atoms with Gasteiger partial charge in [-0.15, -0.1) is 0 Å². The molecule has 0 amide bonds. The van der Waals surface area contributed by atoms with E-state index in [0.717, 1.165) is 36.8 Å². The minimum Gasteiger partial charge on any atom is -0.390 e. The molecule has 3 nitrogen and oxygen atoms in total. The topological polar surface area (TPSA) is 66.5 Å². The molecule has 0 saturated heterocycles. The molecule has 0 radical (unpaired) electrons. The standard InChI is InChI=1S/C16H27NO2/c1-3-16(19,4-2)10-8-13-6-5-7-14(12-13)15(18)9-11-17/h5-7,12,15,18-19H,3-4,8-11,17H2,1-2H3/t15-/m1/s1. The van der Waals surface area contributed by atoms with Gasteiger partial charge in [0.15, 0.2) is 0 Å². The first-order valence-corrected chi connectivity index (χ1v) is 7.24. The molecule has 4 N–H and O–H groups in total. The van der Waals surface area contributed by atoms with Crippen molar-refractivity contribution in [3.8, 4) is 0 Å². The Hall–Kier alpha value is -0.900. The highest BCUT2D eigenvalue weighted by Gasteiger charge is 2.21. The Balaban J connectivity index is 2.67. The van der Waals surface area contributed by atoms with Crippen molar-refractivity contribution >= 4 is 0 Å². The van der Waals surface area contributed by atoms with Crippen molar-refractivity contribution < 1.29 is 10.2 Å². The minimum atomic E-state index is -0.564. The summed E-state index contributed by atoms with van der Waals surface area (Å²) < 4.78 is 0. The van der Waals surface area contributed by atoms with Crippen molar-refractivity contribution in [2.75, 3.05) is 6.54 Å². The summed E-state index contributed by atoms with van der Waals surface area (Å²) >= 11 is 0. The molecule has 0 unspecified atom stereocenters. The molecule has 1 atom stereocenters. The molecule has 0 bridgehead atoms. The van der Waals surface area contributed by atoms with E-state index in [4.69, 9.17) is 5.73 Å². The SMILES string of the molecule is CCC(O)(CC)CCc1cccc([C@H](O)CCN)c1.